The lowest BCUT2D eigenvalue weighted by atomic mass is 9.77. The van der Waals surface area contributed by atoms with E-state index in [0.29, 0.717) is 38.1 Å². The topological polar surface area (TPSA) is 59.1 Å². The van der Waals surface area contributed by atoms with Crippen LogP contribution in [0.5, 0.6) is 5.75 Å². The minimum atomic E-state index is -0.551. The zero-order valence-corrected chi connectivity index (χ0v) is 24.0. The molecule has 2 fully saturated rings. The van der Waals surface area contributed by atoms with Gasteiger partial charge in [0.2, 0.25) is 5.91 Å². The molecule has 7 heteroatoms. The molecule has 1 aliphatic heterocycles. The lowest BCUT2D eigenvalue weighted by Gasteiger charge is -2.41. The zero-order chi connectivity index (χ0) is 28.2. The monoisotopic (exact) mass is 538 g/mol. The summed E-state index contributed by atoms with van der Waals surface area (Å²) in [6.07, 6.45) is 2.92. The average molecular weight is 539 g/mol. The van der Waals surface area contributed by atoms with E-state index in [4.69, 9.17) is 9.47 Å². The number of likely N-dealkylation sites (tertiary alicyclic amines) is 1. The second kappa shape index (κ2) is 12.4. The molecule has 0 spiro atoms. The Balaban J connectivity index is 1.52. The molecule has 2 aliphatic rings. The van der Waals surface area contributed by atoms with Gasteiger partial charge in [-0.15, -0.1) is 0 Å². The van der Waals surface area contributed by atoms with Crippen molar-refractivity contribution in [2.75, 3.05) is 19.7 Å². The predicted octanol–water partition coefficient (Wildman–Crippen LogP) is 6.47. The molecule has 2 aromatic carbocycles. The van der Waals surface area contributed by atoms with E-state index in [0.717, 1.165) is 36.1 Å². The van der Waals surface area contributed by atoms with E-state index in [9.17, 15) is 14.0 Å². The van der Waals surface area contributed by atoms with E-state index in [1.165, 1.54) is 12.1 Å². The SMILES string of the molecule is CC(C)COc1ccc(CC(=O)N(Cc2ccc(F)cc2)C2CCCC3CN(C(=O)OC(C)(C)C)CC32)cc1. The van der Waals surface area contributed by atoms with Crippen molar-refractivity contribution < 1.29 is 23.5 Å². The molecule has 6 nitrogen and oxygen atoms in total. The summed E-state index contributed by atoms with van der Waals surface area (Å²) in [6.45, 7) is 12.1. The summed E-state index contributed by atoms with van der Waals surface area (Å²) in [4.78, 5) is 30.6. The quantitative estimate of drug-likeness (QED) is 0.387. The Morgan fingerprint density at radius 2 is 1.67 bits per heavy atom. The van der Waals surface area contributed by atoms with Gasteiger partial charge in [0.05, 0.1) is 13.0 Å². The third kappa shape index (κ3) is 7.96. The fourth-order valence-corrected chi connectivity index (χ4v) is 5.72. The fraction of sp³-hybridized carbons (Fsp3) is 0.562. The number of benzene rings is 2. The molecule has 1 heterocycles. The van der Waals surface area contributed by atoms with Gasteiger partial charge in [0.15, 0.2) is 0 Å². The molecule has 2 amide bonds. The first kappa shape index (κ1) is 28.9. The van der Waals surface area contributed by atoms with Gasteiger partial charge in [-0.25, -0.2) is 9.18 Å². The van der Waals surface area contributed by atoms with E-state index in [-0.39, 0.29) is 36.2 Å². The van der Waals surface area contributed by atoms with Gasteiger partial charge in [-0.05, 0) is 80.8 Å². The molecule has 1 saturated carbocycles. The fourth-order valence-electron chi connectivity index (χ4n) is 5.72. The van der Waals surface area contributed by atoms with Gasteiger partial charge in [-0.3, -0.25) is 4.79 Å². The number of nitrogens with zero attached hydrogens (tertiary/aromatic N) is 2. The van der Waals surface area contributed by atoms with E-state index < -0.39 is 5.60 Å². The third-order valence-corrected chi connectivity index (χ3v) is 7.56. The van der Waals surface area contributed by atoms with Crippen molar-refractivity contribution in [1.82, 2.24) is 9.80 Å². The summed E-state index contributed by atoms with van der Waals surface area (Å²) in [5, 5.41) is 0. The Hall–Kier alpha value is -3.09. The minimum absolute atomic E-state index is 0.00221. The van der Waals surface area contributed by atoms with Crippen LogP contribution < -0.4 is 4.74 Å². The Morgan fingerprint density at radius 1 is 1.00 bits per heavy atom. The van der Waals surface area contributed by atoms with Crippen molar-refractivity contribution in [3.05, 3.63) is 65.5 Å². The lowest BCUT2D eigenvalue weighted by molar-refractivity contribution is -0.135. The Morgan fingerprint density at radius 3 is 2.31 bits per heavy atom. The molecule has 39 heavy (non-hydrogen) atoms. The molecule has 0 bridgehead atoms. The van der Waals surface area contributed by atoms with Crippen molar-refractivity contribution in [3.8, 4) is 5.75 Å². The van der Waals surface area contributed by atoms with Crippen LogP contribution in [-0.4, -0.2) is 53.1 Å². The van der Waals surface area contributed by atoms with Crippen LogP contribution in [-0.2, 0) is 22.5 Å². The van der Waals surface area contributed by atoms with Crippen LogP contribution in [0, 0.1) is 23.6 Å². The molecule has 3 unspecified atom stereocenters. The number of carbonyl (C=O) groups is 2. The summed E-state index contributed by atoms with van der Waals surface area (Å²) in [5.74, 6) is 1.49. The standard InChI is InChI=1S/C32H43FN2O4/c1-22(2)21-38-27-15-11-23(12-16-27)17-30(36)35(18-24-9-13-26(33)14-10-24)29-8-6-7-25-19-34(20-28(25)29)31(37)39-32(3,4)5/h9-16,22,25,28-29H,6-8,17-21H2,1-5H3. The normalized spacial score (nSPS) is 21.0. The smallest absolute Gasteiger partial charge is 0.410 e. The Kier molecular flexibility index (Phi) is 9.19. The zero-order valence-electron chi connectivity index (χ0n) is 24.0. The van der Waals surface area contributed by atoms with E-state index in [1.807, 2.05) is 54.8 Å². The highest BCUT2D eigenvalue weighted by atomic mass is 19.1. The Bertz CT molecular complexity index is 1110. The van der Waals surface area contributed by atoms with Crippen LogP contribution in [0.2, 0.25) is 0 Å². The van der Waals surface area contributed by atoms with Gasteiger partial charge >= 0.3 is 6.09 Å². The van der Waals surface area contributed by atoms with Crippen LogP contribution in [0.3, 0.4) is 0 Å². The molecule has 212 valence electrons. The molecule has 2 aromatic rings. The molecular formula is C32H43FN2O4. The maximum absolute atomic E-state index is 13.9. The van der Waals surface area contributed by atoms with Crippen LogP contribution in [0.4, 0.5) is 9.18 Å². The van der Waals surface area contributed by atoms with E-state index in [2.05, 4.69) is 13.8 Å². The van der Waals surface area contributed by atoms with Crippen molar-refractivity contribution >= 4 is 12.0 Å². The second-order valence-electron chi connectivity index (χ2n) is 12.5. The van der Waals surface area contributed by atoms with Gasteiger partial charge in [0.1, 0.15) is 17.2 Å². The molecule has 1 saturated heterocycles. The molecular weight excluding hydrogens is 495 g/mol. The van der Waals surface area contributed by atoms with Gasteiger partial charge in [-0.2, -0.15) is 0 Å². The van der Waals surface area contributed by atoms with Gasteiger partial charge in [-0.1, -0.05) is 44.5 Å². The lowest BCUT2D eigenvalue weighted by Crippen LogP contribution is -2.48. The number of hydrogen-bond donors (Lipinski definition) is 0. The Labute approximate surface area is 232 Å². The number of halogens is 1. The molecule has 3 atom stereocenters. The summed E-state index contributed by atoms with van der Waals surface area (Å²) in [7, 11) is 0. The number of amides is 2. The predicted molar refractivity (Wildman–Crippen MR) is 150 cm³/mol. The first-order valence-electron chi connectivity index (χ1n) is 14.2. The first-order valence-corrected chi connectivity index (χ1v) is 14.2. The van der Waals surface area contributed by atoms with Crippen LogP contribution in [0.15, 0.2) is 48.5 Å². The maximum atomic E-state index is 13.9. The van der Waals surface area contributed by atoms with Crippen molar-refractivity contribution in [3.63, 3.8) is 0 Å². The molecule has 4 rings (SSSR count). The van der Waals surface area contributed by atoms with E-state index >= 15 is 0 Å². The first-order chi connectivity index (χ1) is 18.5. The molecule has 0 radical (unpaired) electrons. The highest BCUT2D eigenvalue weighted by Crippen LogP contribution is 2.40. The molecule has 1 aliphatic carbocycles. The van der Waals surface area contributed by atoms with Crippen molar-refractivity contribution in [2.45, 2.75) is 78.5 Å². The maximum Gasteiger partial charge on any atom is 0.410 e. The minimum Gasteiger partial charge on any atom is -0.493 e. The van der Waals surface area contributed by atoms with E-state index in [1.54, 1.807) is 12.1 Å². The van der Waals surface area contributed by atoms with Crippen LogP contribution in [0.1, 0.15) is 65.0 Å². The highest BCUT2D eigenvalue weighted by Gasteiger charge is 2.45. The number of ether oxygens (including phenoxy) is 2. The summed E-state index contributed by atoms with van der Waals surface area (Å²) in [5.41, 5.74) is 1.27. The highest BCUT2D eigenvalue weighted by molar-refractivity contribution is 5.79. The number of fused-ring (bicyclic) bond motifs is 1. The summed E-state index contributed by atoms with van der Waals surface area (Å²) >= 11 is 0. The summed E-state index contributed by atoms with van der Waals surface area (Å²) in [6, 6.07) is 14.1. The van der Waals surface area contributed by atoms with Gasteiger partial charge in [0.25, 0.3) is 0 Å². The van der Waals surface area contributed by atoms with Gasteiger partial charge < -0.3 is 19.3 Å². The number of hydrogen-bond acceptors (Lipinski definition) is 4. The third-order valence-electron chi connectivity index (χ3n) is 7.56. The second-order valence-corrected chi connectivity index (χ2v) is 12.5. The molecule has 0 aromatic heterocycles. The van der Waals surface area contributed by atoms with Crippen LogP contribution >= 0.6 is 0 Å². The number of carbonyl (C=O) groups excluding carboxylic acids is 2. The van der Waals surface area contributed by atoms with Crippen molar-refractivity contribution in [1.29, 1.82) is 0 Å². The summed E-state index contributed by atoms with van der Waals surface area (Å²) < 4.78 is 25.1. The van der Waals surface area contributed by atoms with Crippen LogP contribution in [0.25, 0.3) is 0 Å². The largest absolute Gasteiger partial charge is 0.493 e. The number of rotatable bonds is 8. The average Bonchev–Trinajstić information content (AvgIpc) is 3.32. The molecule has 0 N–H and O–H groups in total. The van der Waals surface area contributed by atoms with Gasteiger partial charge in [0, 0.05) is 31.6 Å². The van der Waals surface area contributed by atoms with Crippen molar-refractivity contribution in [2.24, 2.45) is 17.8 Å².